The van der Waals surface area contributed by atoms with E-state index < -0.39 is 11.7 Å². The summed E-state index contributed by atoms with van der Waals surface area (Å²) in [6.07, 6.45) is 4.08. The first kappa shape index (κ1) is 24.1. The van der Waals surface area contributed by atoms with Gasteiger partial charge in [-0.2, -0.15) is 13.2 Å². The Morgan fingerprint density at radius 1 is 1.13 bits per heavy atom. The topological polar surface area (TPSA) is 23.6 Å². The van der Waals surface area contributed by atoms with Crippen LogP contribution in [0.4, 0.5) is 13.2 Å². The molecule has 3 nitrogen and oxygen atoms in total. The van der Waals surface area contributed by atoms with Crippen LogP contribution in [0.2, 0.25) is 0 Å². The van der Waals surface area contributed by atoms with Gasteiger partial charge < -0.3 is 9.80 Å². The van der Waals surface area contributed by atoms with Crippen LogP contribution in [0.25, 0.3) is 0 Å². The van der Waals surface area contributed by atoms with Crippen molar-refractivity contribution < 1.29 is 18.0 Å². The molecular weight excluding hydrogens is 401 g/mol. The molecule has 1 heterocycles. The van der Waals surface area contributed by atoms with Crippen LogP contribution >= 0.6 is 0 Å². The molecule has 3 rings (SSSR count). The quantitative estimate of drug-likeness (QED) is 0.539. The van der Waals surface area contributed by atoms with Gasteiger partial charge in [-0.3, -0.25) is 4.79 Å². The van der Waals surface area contributed by atoms with Crippen LogP contribution in [0.1, 0.15) is 69.9 Å². The Morgan fingerprint density at radius 3 is 2.42 bits per heavy atom. The fraction of sp³-hybridized carbons (Fsp3) is 0.720. The summed E-state index contributed by atoms with van der Waals surface area (Å²) < 4.78 is 39.0. The summed E-state index contributed by atoms with van der Waals surface area (Å²) in [5, 5.41) is 0. The zero-order chi connectivity index (χ0) is 22.4. The highest BCUT2D eigenvalue weighted by Crippen LogP contribution is 2.30. The molecule has 0 radical (unpaired) electrons. The molecule has 6 heteroatoms. The average Bonchev–Trinajstić information content (AvgIpc) is 2.77. The van der Waals surface area contributed by atoms with Crippen molar-refractivity contribution in [3.8, 4) is 0 Å². The van der Waals surface area contributed by atoms with Gasteiger partial charge in [0.05, 0.1) is 5.56 Å². The molecule has 2 fully saturated rings. The Hall–Kier alpha value is -1.56. The van der Waals surface area contributed by atoms with Crippen LogP contribution in [0.5, 0.6) is 0 Å². The third kappa shape index (κ3) is 6.71. The van der Waals surface area contributed by atoms with Crippen LogP contribution in [0.15, 0.2) is 24.3 Å². The number of benzene rings is 1. The highest BCUT2D eigenvalue weighted by Gasteiger charge is 2.31. The number of hydrogen-bond acceptors (Lipinski definition) is 2. The molecular formula is C25H37F3N2O. The average molecular weight is 439 g/mol. The zero-order valence-electron chi connectivity index (χ0n) is 19.0. The minimum atomic E-state index is -4.30. The highest BCUT2D eigenvalue weighted by atomic mass is 19.4. The number of hydrogen-bond donors (Lipinski definition) is 0. The van der Waals surface area contributed by atoms with Gasteiger partial charge in [-0.15, -0.1) is 0 Å². The van der Waals surface area contributed by atoms with E-state index in [0.717, 1.165) is 63.5 Å². The number of likely N-dealkylation sites (N-methyl/N-ethyl adjacent to an activating group) is 1. The maximum atomic E-state index is 13.0. The van der Waals surface area contributed by atoms with Gasteiger partial charge in [-0.05, 0) is 63.1 Å². The van der Waals surface area contributed by atoms with Crippen molar-refractivity contribution >= 4 is 5.91 Å². The normalized spacial score (nSPS) is 20.3. The third-order valence-electron chi connectivity index (χ3n) is 7.19. The molecule has 1 saturated heterocycles. The van der Waals surface area contributed by atoms with Crippen LogP contribution in [-0.2, 0) is 17.4 Å². The summed E-state index contributed by atoms with van der Waals surface area (Å²) in [4.78, 5) is 17.2. The lowest BCUT2D eigenvalue weighted by Gasteiger charge is -2.38. The van der Waals surface area contributed by atoms with E-state index in [1.807, 2.05) is 0 Å². The van der Waals surface area contributed by atoms with E-state index in [4.69, 9.17) is 0 Å². The number of carbonyl (C=O) groups is 1. The van der Waals surface area contributed by atoms with Gasteiger partial charge in [0.25, 0.3) is 0 Å². The largest absolute Gasteiger partial charge is 0.416 e. The molecule has 1 unspecified atom stereocenters. The van der Waals surface area contributed by atoms with Crippen molar-refractivity contribution in [2.24, 2.45) is 11.8 Å². The van der Waals surface area contributed by atoms with Gasteiger partial charge in [0.1, 0.15) is 0 Å². The predicted molar refractivity (Wildman–Crippen MR) is 118 cm³/mol. The number of carbonyl (C=O) groups excluding carboxylic acids is 1. The number of alkyl halides is 3. The second kappa shape index (κ2) is 10.8. The number of likely N-dealkylation sites (tertiary alicyclic amines) is 1. The molecule has 0 bridgehead atoms. The van der Waals surface area contributed by atoms with Crippen molar-refractivity contribution in [3.05, 3.63) is 35.4 Å². The Kier molecular flexibility index (Phi) is 8.43. The summed E-state index contributed by atoms with van der Waals surface area (Å²) in [5.41, 5.74) is 0.156. The monoisotopic (exact) mass is 438 g/mol. The van der Waals surface area contributed by atoms with E-state index in [0.29, 0.717) is 18.2 Å². The number of halogens is 3. The summed E-state index contributed by atoms with van der Waals surface area (Å²) in [7, 11) is 0. The lowest BCUT2D eigenvalue weighted by Crippen LogP contribution is -2.45. The standard InChI is InChI=1S/C25H37F3N2O/c1-3-29(19(2)16-21-8-7-11-23(17-21)25(26,27)28)18-20-12-14-30(15-13-20)24(31)22-9-5-4-6-10-22/h7-8,11,17,19-20,22H,3-6,9-10,12-16,18H2,1-2H3. The smallest absolute Gasteiger partial charge is 0.342 e. The molecule has 1 aromatic rings. The Morgan fingerprint density at radius 2 is 1.81 bits per heavy atom. The minimum absolute atomic E-state index is 0.176. The number of nitrogens with zero attached hydrogens (tertiary/aromatic N) is 2. The third-order valence-corrected chi connectivity index (χ3v) is 7.19. The molecule has 0 spiro atoms. The second-order valence-corrected chi connectivity index (χ2v) is 9.44. The molecule has 1 atom stereocenters. The van der Waals surface area contributed by atoms with Crippen LogP contribution in [-0.4, -0.2) is 47.9 Å². The van der Waals surface area contributed by atoms with Gasteiger partial charge in [-0.1, -0.05) is 44.4 Å². The van der Waals surface area contributed by atoms with Crippen molar-refractivity contribution in [1.29, 1.82) is 0 Å². The van der Waals surface area contributed by atoms with Gasteiger partial charge in [-0.25, -0.2) is 0 Å². The van der Waals surface area contributed by atoms with Crippen molar-refractivity contribution in [2.45, 2.75) is 77.4 Å². The lowest BCUT2D eigenvalue weighted by atomic mass is 9.87. The first-order chi connectivity index (χ1) is 14.8. The molecule has 2 aliphatic rings. The molecule has 1 saturated carbocycles. The van der Waals surface area contributed by atoms with E-state index in [9.17, 15) is 18.0 Å². The van der Waals surface area contributed by atoms with Crippen LogP contribution in [0, 0.1) is 11.8 Å². The van der Waals surface area contributed by atoms with Gasteiger partial charge >= 0.3 is 6.18 Å². The Bertz CT molecular complexity index is 707. The van der Waals surface area contributed by atoms with Gasteiger partial charge in [0, 0.05) is 31.6 Å². The fourth-order valence-corrected chi connectivity index (χ4v) is 5.24. The summed E-state index contributed by atoms with van der Waals surface area (Å²) in [6, 6.07) is 5.87. The molecule has 1 amide bonds. The molecule has 31 heavy (non-hydrogen) atoms. The van der Waals surface area contributed by atoms with E-state index in [1.165, 1.54) is 31.4 Å². The first-order valence-corrected chi connectivity index (χ1v) is 12.0. The van der Waals surface area contributed by atoms with Crippen LogP contribution < -0.4 is 0 Å². The lowest BCUT2D eigenvalue weighted by molar-refractivity contribution is -0.138. The second-order valence-electron chi connectivity index (χ2n) is 9.44. The van der Waals surface area contributed by atoms with Gasteiger partial charge in [0.15, 0.2) is 0 Å². The Balaban J connectivity index is 1.49. The van der Waals surface area contributed by atoms with E-state index in [2.05, 4.69) is 23.6 Å². The highest BCUT2D eigenvalue weighted by molar-refractivity contribution is 5.79. The van der Waals surface area contributed by atoms with E-state index in [-0.39, 0.29) is 12.0 Å². The molecule has 0 N–H and O–H groups in total. The number of piperidine rings is 1. The van der Waals surface area contributed by atoms with Crippen molar-refractivity contribution in [1.82, 2.24) is 9.80 Å². The number of amides is 1. The summed E-state index contributed by atoms with van der Waals surface area (Å²) >= 11 is 0. The first-order valence-electron chi connectivity index (χ1n) is 12.0. The number of rotatable bonds is 7. The molecule has 1 aliphatic heterocycles. The fourth-order valence-electron chi connectivity index (χ4n) is 5.24. The SMILES string of the molecule is CCN(CC1CCN(C(=O)C2CCCCC2)CC1)C(C)Cc1cccc(C(F)(F)F)c1. The zero-order valence-corrected chi connectivity index (χ0v) is 19.0. The predicted octanol–water partition coefficient (Wildman–Crippen LogP) is 5.78. The molecule has 1 aliphatic carbocycles. The summed E-state index contributed by atoms with van der Waals surface area (Å²) in [6.45, 7) is 7.73. The van der Waals surface area contributed by atoms with E-state index in [1.54, 1.807) is 6.07 Å². The maximum Gasteiger partial charge on any atom is 0.416 e. The molecule has 1 aromatic carbocycles. The van der Waals surface area contributed by atoms with E-state index >= 15 is 0 Å². The van der Waals surface area contributed by atoms with Gasteiger partial charge in [0.2, 0.25) is 5.91 Å². The van der Waals surface area contributed by atoms with Crippen LogP contribution in [0.3, 0.4) is 0 Å². The van der Waals surface area contributed by atoms with Crippen molar-refractivity contribution in [2.75, 3.05) is 26.2 Å². The summed E-state index contributed by atoms with van der Waals surface area (Å²) in [5.74, 6) is 1.15. The molecule has 174 valence electrons. The van der Waals surface area contributed by atoms with Crippen molar-refractivity contribution in [3.63, 3.8) is 0 Å². The maximum absolute atomic E-state index is 13.0. The molecule has 0 aromatic heterocycles. The minimum Gasteiger partial charge on any atom is -0.342 e. The Labute approximate surface area is 185 Å².